The molecular weight excluding hydrogens is 360 g/mol. The molecular formula is C26H26O3. The highest BCUT2D eigenvalue weighted by Crippen LogP contribution is 2.38. The summed E-state index contributed by atoms with van der Waals surface area (Å²) in [5.74, 6) is 1.34. The van der Waals surface area contributed by atoms with Crippen LogP contribution < -0.4 is 9.47 Å². The van der Waals surface area contributed by atoms with Crippen molar-refractivity contribution in [2.75, 3.05) is 0 Å². The second-order valence-corrected chi connectivity index (χ2v) is 8.35. The Morgan fingerprint density at radius 3 is 2.34 bits per heavy atom. The summed E-state index contributed by atoms with van der Waals surface area (Å²) in [7, 11) is 0. The van der Waals surface area contributed by atoms with E-state index in [1.807, 2.05) is 48.5 Å². The fraction of sp³-hybridized carbons (Fsp3) is 0.231. The number of aliphatic hydroxyl groups excluding tert-OH is 1. The molecule has 1 N–H and O–H groups in total. The van der Waals surface area contributed by atoms with Crippen molar-refractivity contribution in [1.82, 2.24) is 0 Å². The van der Waals surface area contributed by atoms with Crippen LogP contribution in [0.4, 0.5) is 0 Å². The van der Waals surface area contributed by atoms with E-state index in [9.17, 15) is 5.11 Å². The number of hydrogen-bond acceptors (Lipinski definition) is 3. The highest BCUT2D eigenvalue weighted by Gasteiger charge is 2.21. The van der Waals surface area contributed by atoms with Crippen LogP contribution in [0, 0.1) is 0 Å². The molecule has 3 nitrogen and oxygen atoms in total. The third-order valence-corrected chi connectivity index (χ3v) is 5.11. The maximum absolute atomic E-state index is 10.1. The van der Waals surface area contributed by atoms with Gasteiger partial charge in [-0.2, -0.15) is 0 Å². The van der Waals surface area contributed by atoms with Crippen LogP contribution in [-0.2, 0) is 12.0 Å². The average molecular weight is 386 g/mol. The van der Waals surface area contributed by atoms with Crippen LogP contribution >= 0.6 is 0 Å². The van der Waals surface area contributed by atoms with Crippen molar-refractivity contribution in [3.05, 3.63) is 101 Å². The molecule has 4 rings (SSSR count). The SMILES string of the molecule is CC(C)(C)c1ccc(COc2ccc3c(c2)OC(O)C=C3c2ccccc2)cc1. The van der Waals surface area contributed by atoms with Crippen molar-refractivity contribution < 1.29 is 14.6 Å². The minimum Gasteiger partial charge on any atom is -0.489 e. The van der Waals surface area contributed by atoms with Crippen LogP contribution in [0.25, 0.3) is 5.57 Å². The molecule has 29 heavy (non-hydrogen) atoms. The first-order valence-electron chi connectivity index (χ1n) is 9.89. The summed E-state index contributed by atoms with van der Waals surface area (Å²) in [6, 6.07) is 24.3. The monoisotopic (exact) mass is 386 g/mol. The van der Waals surface area contributed by atoms with Gasteiger partial charge in [-0.1, -0.05) is 75.4 Å². The van der Waals surface area contributed by atoms with Gasteiger partial charge in [0.25, 0.3) is 0 Å². The van der Waals surface area contributed by atoms with E-state index in [4.69, 9.17) is 9.47 Å². The second-order valence-electron chi connectivity index (χ2n) is 8.35. The third-order valence-electron chi connectivity index (χ3n) is 5.11. The molecule has 1 aliphatic rings. The zero-order valence-electron chi connectivity index (χ0n) is 17.1. The van der Waals surface area contributed by atoms with Gasteiger partial charge in [-0.15, -0.1) is 0 Å². The highest BCUT2D eigenvalue weighted by molar-refractivity contribution is 5.84. The van der Waals surface area contributed by atoms with Crippen molar-refractivity contribution in [2.24, 2.45) is 0 Å². The molecule has 3 aromatic carbocycles. The van der Waals surface area contributed by atoms with Gasteiger partial charge in [0.1, 0.15) is 18.1 Å². The third kappa shape index (κ3) is 4.36. The lowest BCUT2D eigenvalue weighted by atomic mass is 9.87. The number of rotatable bonds is 4. The summed E-state index contributed by atoms with van der Waals surface area (Å²) in [4.78, 5) is 0. The van der Waals surface area contributed by atoms with Crippen molar-refractivity contribution >= 4 is 5.57 Å². The lowest BCUT2D eigenvalue weighted by molar-refractivity contribution is 0.0224. The average Bonchev–Trinajstić information content (AvgIpc) is 2.71. The first-order valence-corrected chi connectivity index (χ1v) is 9.89. The van der Waals surface area contributed by atoms with E-state index >= 15 is 0 Å². The number of aliphatic hydroxyl groups is 1. The van der Waals surface area contributed by atoms with Gasteiger partial charge in [0.05, 0.1) is 0 Å². The van der Waals surface area contributed by atoms with E-state index in [1.54, 1.807) is 6.08 Å². The van der Waals surface area contributed by atoms with E-state index in [1.165, 1.54) is 5.56 Å². The van der Waals surface area contributed by atoms with Crippen molar-refractivity contribution in [1.29, 1.82) is 0 Å². The summed E-state index contributed by atoms with van der Waals surface area (Å²) in [5.41, 5.74) is 5.51. The van der Waals surface area contributed by atoms with Crippen LogP contribution in [0.3, 0.4) is 0 Å². The lowest BCUT2D eigenvalue weighted by Gasteiger charge is -2.23. The molecule has 3 heteroatoms. The molecule has 148 valence electrons. The Balaban J connectivity index is 1.52. The molecule has 0 radical (unpaired) electrons. The van der Waals surface area contributed by atoms with Crippen molar-refractivity contribution in [3.63, 3.8) is 0 Å². The van der Waals surface area contributed by atoms with Gasteiger partial charge in [0.15, 0.2) is 0 Å². The van der Waals surface area contributed by atoms with E-state index in [0.717, 1.165) is 22.3 Å². The number of benzene rings is 3. The fourth-order valence-corrected chi connectivity index (χ4v) is 3.45. The molecule has 0 aromatic heterocycles. The van der Waals surface area contributed by atoms with Gasteiger partial charge >= 0.3 is 0 Å². The van der Waals surface area contributed by atoms with E-state index in [2.05, 4.69) is 45.0 Å². The molecule has 0 saturated carbocycles. The minimum atomic E-state index is -0.974. The predicted molar refractivity (Wildman–Crippen MR) is 116 cm³/mol. The largest absolute Gasteiger partial charge is 0.489 e. The van der Waals surface area contributed by atoms with Crippen LogP contribution in [0.5, 0.6) is 11.5 Å². The molecule has 0 fully saturated rings. The normalized spacial score (nSPS) is 15.9. The minimum absolute atomic E-state index is 0.139. The summed E-state index contributed by atoms with van der Waals surface area (Å²) in [6.07, 6.45) is 0.757. The number of hydrogen-bond donors (Lipinski definition) is 1. The Morgan fingerprint density at radius 1 is 0.931 bits per heavy atom. The van der Waals surface area contributed by atoms with Gasteiger partial charge in [-0.25, -0.2) is 0 Å². The van der Waals surface area contributed by atoms with Crippen LogP contribution in [0.15, 0.2) is 78.9 Å². The first-order chi connectivity index (χ1) is 13.9. The molecule has 0 spiro atoms. The second kappa shape index (κ2) is 7.76. The van der Waals surface area contributed by atoms with Crippen LogP contribution in [-0.4, -0.2) is 11.4 Å². The molecule has 1 aliphatic heterocycles. The van der Waals surface area contributed by atoms with Gasteiger partial charge in [-0.05, 0) is 45.9 Å². The standard InChI is InChI=1S/C26H26O3/c1-26(2,3)20-11-9-18(10-12-20)17-28-21-13-14-22-23(19-7-5-4-6-8-19)16-25(27)29-24(22)15-21/h4-16,25,27H,17H2,1-3H3. The van der Waals surface area contributed by atoms with Gasteiger partial charge in [-0.3, -0.25) is 0 Å². The Morgan fingerprint density at radius 2 is 1.66 bits per heavy atom. The molecule has 0 bridgehead atoms. The molecule has 3 aromatic rings. The topological polar surface area (TPSA) is 38.7 Å². The molecule has 0 saturated heterocycles. The lowest BCUT2D eigenvalue weighted by Crippen LogP contribution is -2.18. The zero-order chi connectivity index (χ0) is 20.4. The maximum atomic E-state index is 10.1. The van der Waals surface area contributed by atoms with Crippen LogP contribution in [0.2, 0.25) is 0 Å². The Bertz CT molecular complexity index is 1010. The summed E-state index contributed by atoms with van der Waals surface area (Å²) in [6.45, 7) is 7.10. The summed E-state index contributed by atoms with van der Waals surface area (Å²) in [5, 5.41) is 10.1. The zero-order valence-corrected chi connectivity index (χ0v) is 17.1. The molecule has 0 amide bonds. The Kier molecular flexibility index (Phi) is 5.16. The smallest absolute Gasteiger partial charge is 0.218 e. The van der Waals surface area contributed by atoms with Crippen molar-refractivity contribution in [3.8, 4) is 11.5 Å². The molecule has 1 unspecified atom stereocenters. The van der Waals surface area contributed by atoms with Crippen LogP contribution in [0.1, 0.15) is 43.0 Å². The van der Waals surface area contributed by atoms with Gasteiger partial charge in [0.2, 0.25) is 6.29 Å². The fourth-order valence-electron chi connectivity index (χ4n) is 3.45. The molecule has 1 atom stereocenters. The Hall–Kier alpha value is -3.04. The molecule has 1 heterocycles. The number of ether oxygens (including phenoxy) is 2. The predicted octanol–water partition coefficient (Wildman–Crippen LogP) is 5.71. The Labute approximate surface area is 172 Å². The van der Waals surface area contributed by atoms with E-state index < -0.39 is 6.29 Å². The quantitative estimate of drug-likeness (QED) is 0.624. The van der Waals surface area contributed by atoms with Gasteiger partial charge in [0, 0.05) is 11.6 Å². The maximum Gasteiger partial charge on any atom is 0.218 e. The first kappa shape index (κ1) is 19.3. The van der Waals surface area contributed by atoms with E-state index in [0.29, 0.717) is 18.1 Å². The van der Waals surface area contributed by atoms with Crippen molar-refractivity contribution in [2.45, 2.75) is 39.1 Å². The molecule has 0 aliphatic carbocycles. The number of fused-ring (bicyclic) bond motifs is 1. The summed E-state index contributed by atoms with van der Waals surface area (Å²) < 4.78 is 11.6. The van der Waals surface area contributed by atoms with E-state index in [-0.39, 0.29) is 5.41 Å². The van der Waals surface area contributed by atoms with Gasteiger partial charge < -0.3 is 14.6 Å². The highest BCUT2D eigenvalue weighted by atomic mass is 16.6. The summed E-state index contributed by atoms with van der Waals surface area (Å²) >= 11 is 0.